The van der Waals surface area contributed by atoms with E-state index in [-0.39, 0.29) is 30.1 Å². The average molecular weight is 447 g/mol. The molecule has 1 aliphatic rings. The Balaban J connectivity index is 1.96. The molecule has 0 radical (unpaired) electrons. The molecule has 1 aliphatic carbocycles. The maximum Gasteiger partial charge on any atom is 0.421 e. The van der Waals surface area contributed by atoms with Gasteiger partial charge in [0, 0.05) is 43.0 Å². The van der Waals surface area contributed by atoms with E-state index in [4.69, 9.17) is 0 Å². The zero-order chi connectivity index (χ0) is 23.3. The molecule has 1 amide bonds. The van der Waals surface area contributed by atoms with E-state index in [0.717, 1.165) is 12.3 Å². The fourth-order valence-corrected chi connectivity index (χ4v) is 3.51. The lowest BCUT2D eigenvalue weighted by Gasteiger charge is -2.27. The molecule has 1 aromatic heterocycles. The standard InChI is InChI=1S/C22H24F3N5O2/c1-3-19(32)27-15-6-5-7-16(12-15)30(4-2)20-18(22(23,24)25)13-26-21(29-20)28-14-8-10-17(31)11-9-14/h3,5-7,12-14H,1,4,8-11H2,2H3,(H,27,32)(H,26,28,29). The van der Waals surface area contributed by atoms with Gasteiger partial charge in [0.1, 0.15) is 11.3 Å². The Morgan fingerprint density at radius 2 is 2.03 bits per heavy atom. The summed E-state index contributed by atoms with van der Waals surface area (Å²) in [6, 6.07) is 6.37. The number of benzene rings is 1. The van der Waals surface area contributed by atoms with Crippen LogP contribution in [0.15, 0.2) is 43.1 Å². The van der Waals surface area contributed by atoms with Crippen LogP contribution in [0.5, 0.6) is 0 Å². The van der Waals surface area contributed by atoms with Crippen LogP contribution in [0.4, 0.5) is 36.3 Å². The second-order valence-electron chi connectivity index (χ2n) is 7.37. The van der Waals surface area contributed by atoms with Crippen molar-refractivity contribution in [3.05, 3.63) is 48.7 Å². The molecule has 0 unspecified atom stereocenters. The third-order valence-corrected chi connectivity index (χ3v) is 5.13. The largest absolute Gasteiger partial charge is 0.421 e. The second-order valence-corrected chi connectivity index (χ2v) is 7.37. The van der Waals surface area contributed by atoms with Crippen LogP contribution < -0.4 is 15.5 Å². The van der Waals surface area contributed by atoms with E-state index in [0.29, 0.717) is 37.1 Å². The highest BCUT2D eigenvalue weighted by molar-refractivity contribution is 5.99. The second kappa shape index (κ2) is 9.80. The number of alkyl halides is 3. The highest BCUT2D eigenvalue weighted by Crippen LogP contribution is 2.38. The van der Waals surface area contributed by atoms with E-state index < -0.39 is 17.6 Å². The van der Waals surface area contributed by atoms with Crippen molar-refractivity contribution in [2.45, 2.75) is 44.8 Å². The molecule has 170 valence electrons. The predicted molar refractivity (Wildman–Crippen MR) is 116 cm³/mol. The van der Waals surface area contributed by atoms with E-state index in [1.807, 2.05) is 0 Å². The number of Topliss-reactive ketones (excluding diaryl/α,β-unsaturated/α-hetero) is 1. The number of halogens is 3. The summed E-state index contributed by atoms with van der Waals surface area (Å²) in [7, 11) is 0. The van der Waals surface area contributed by atoms with Crippen LogP contribution in [0.2, 0.25) is 0 Å². The van der Waals surface area contributed by atoms with Crippen LogP contribution in [0.3, 0.4) is 0 Å². The number of rotatable bonds is 7. The first-order chi connectivity index (χ1) is 15.2. The molecule has 0 aliphatic heterocycles. The maximum atomic E-state index is 13.8. The Morgan fingerprint density at radius 1 is 1.31 bits per heavy atom. The molecule has 1 fully saturated rings. The molecule has 1 saturated carbocycles. The number of hydrogen-bond acceptors (Lipinski definition) is 6. The van der Waals surface area contributed by atoms with Crippen molar-refractivity contribution in [2.75, 3.05) is 22.1 Å². The number of ketones is 1. The summed E-state index contributed by atoms with van der Waals surface area (Å²) >= 11 is 0. The molecule has 32 heavy (non-hydrogen) atoms. The molecule has 10 heteroatoms. The van der Waals surface area contributed by atoms with Gasteiger partial charge in [-0.3, -0.25) is 9.59 Å². The summed E-state index contributed by atoms with van der Waals surface area (Å²) in [6.07, 6.45) is -0.766. The van der Waals surface area contributed by atoms with Crippen LogP contribution in [0.25, 0.3) is 0 Å². The molecule has 3 rings (SSSR count). The quantitative estimate of drug-likeness (QED) is 0.599. The van der Waals surface area contributed by atoms with E-state index in [1.54, 1.807) is 31.2 Å². The fraction of sp³-hybridized carbons (Fsp3) is 0.364. The zero-order valence-corrected chi connectivity index (χ0v) is 17.6. The Labute approximate surface area is 183 Å². The topological polar surface area (TPSA) is 87.2 Å². The van der Waals surface area contributed by atoms with Crippen molar-refractivity contribution in [2.24, 2.45) is 0 Å². The number of carbonyl (C=O) groups excluding carboxylic acids is 2. The SMILES string of the molecule is C=CC(=O)Nc1cccc(N(CC)c2nc(NC3CCC(=O)CC3)ncc2C(F)(F)F)c1. The van der Waals surface area contributed by atoms with E-state index in [1.165, 1.54) is 4.90 Å². The number of anilines is 4. The predicted octanol–water partition coefficient (Wildman–Crippen LogP) is 4.70. The van der Waals surface area contributed by atoms with E-state index >= 15 is 0 Å². The smallest absolute Gasteiger partial charge is 0.351 e. The third kappa shape index (κ3) is 5.63. The third-order valence-electron chi connectivity index (χ3n) is 5.13. The lowest BCUT2D eigenvalue weighted by atomic mass is 9.94. The van der Waals surface area contributed by atoms with Crippen molar-refractivity contribution in [1.82, 2.24) is 9.97 Å². The first-order valence-corrected chi connectivity index (χ1v) is 10.2. The van der Waals surface area contributed by atoms with Crippen molar-refractivity contribution in [1.29, 1.82) is 0 Å². The van der Waals surface area contributed by atoms with Gasteiger partial charge in [0.2, 0.25) is 11.9 Å². The van der Waals surface area contributed by atoms with Gasteiger partial charge in [0.15, 0.2) is 5.82 Å². The van der Waals surface area contributed by atoms with Gasteiger partial charge in [0.25, 0.3) is 0 Å². The number of hydrogen-bond donors (Lipinski definition) is 2. The van der Waals surface area contributed by atoms with Gasteiger partial charge in [0.05, 0.1) is 0 Å². The van der Waals surface area contributed by atoms with Crippen molar-refractivity contribution in [3.63, 3.8) is 0 Å². The number of nitrogens with one attached hydrogen (secondary N) is 2. The number of aromatic nitrogens is 2. The number of amides is 1. The summed E-state index contributed by atoms with van der Waals surface area (Å²) in [4.78, 5) is 32.5. The zero-order valence-electron chi connectivity index (χ0n) is 17.6. The summed E-state index contributed by atoms with van der Waals surface area (Å²) in [5, 5.41) is 5.66. The minimum Gasteiger partial charge on any atom is -0.351 e. The maximum absolute atomic E-state index is 13.8. The molecule has 1 aromatic carbocycles. The van der Waals surface area contributed by atoms with Crippen LogP contribution >= 0.6 is 0 Å². The van der Waals surface area contributed by atoms with Crippen molar-refractivity contribution in [3.8, 4) is 0 Å². The minimum atomic E-state index is -4.66. The summed E-state index contributed by atoms with van der Waals surface area (Å²) in [5.74, 6) is -0.475. The fourth-order valence-electron chi connectivity index (χ4n) is 3.51. The van der Waals surface area contributed by atoms with Gasteiger partial charge in [-0.1, -0.05) is 12.6 Å². The van der Waals surface area contributed by atoms with Gasteiger partial charge in [-0.2, -0.15) is 18.2 Å². The molecule has 0 saturated heterocycles. The normalized spacial score (nSPS) is 14.7. The number of nitrogens with zero attached hydrogens (tertiary/aromatic N) is 3. The molecule has 2 N–H and O–H groups in total. The Hall–Kier alpha value is -3.43. The van der Waals surface area contributed by atoms with Crippen LogP contribution in [0.1, 0.15) is 38.2 Å². The molecular weight excluding hydrogens is 423 g/mol. The Morgan fingerprint density at radius 3 is 2.66 bits per heavy atom. The highest BCUT2D eigenvalue weighted by Gasteiger charge is 2.37. The first kappa shape index (κ1) is 23.2. The monoisotopic (exact) mass is 447 g/mol. The first-order valence-electron chi connectivity index (χ1n) is 10.2. The molecular formula is C22H24F3N5O2. The van der Waals surface area contributed by atoms with E-state index in [2.05, 4.69) is 27.2 Å². The molecule has 0 spiro atoms. The van der Waals surface area contributed by atoms with Crippen molar-refractivity contribution < 1.29 is 22.8 Å². The minimum absolute atomic E-state index is 0.0712. The highest BCUT2D eigenvalue weighted by atomic mass is 19.4. The lowest BCUT2D eigenvalue weighted by molar-refractivity contribution is -0.137. The van der Waals surface area contributed by atoms with Gasteiger partial charge < -0.3 is 15.5 Å². The summed E-state index contributed by atoms with van der Waals surface area (Å²) in [6.45, 7) is 5.28. The molecule has 7 nitrogen and oxygen atoms in total. The molecule has 1 heterocycles. The van der Waals surface area contributed by atoms with Crippen LogP contribution in [-0.2, 0) is 15.8 Å². The lowest BCUT2D eigenvalue weighted by Crippen LogP contribution is -2.28. The van der Waals surface area contributed by atoms with Gasteiger partial charge in [-0.05, 0) is 44.0 Å². The summed E-state index contributed by atoms with van der Waals surface area (Å²) in [5.41, 5.74) is -0.129. The summed E-state index contributed by atoms with van der Waals surface area (Å²) < 4.78 is 41.3. The Bertz CT molecular complexity index is 999. The Kier molecular flexibility index (Phi) is 7.12. The van der Waals surface area contributed by atoms with Crippen molar-refractivity contribution >= 4 is 34.8 Å². The molecule has 0 bridgehead atoms. The van der Waals surface area contributed by atoms with Gasteiger partial charge in [-0.25, -0.2) is 4.98 Å². The number of carbonyl (C=O) groups is 2. The van der Waals surface area contributed by atoms with Crippen LogP contribution in [-0.4, -0.2) is 34.2 Å². The molecule has 0 atom stereocenters. The van der Waals surface area contributed by atoms with Gasteiger partial charge >= 0.3 is 6.18 Å². The van der Waals surface area contributed by atoms with Crippen LogP contribution in [0, 0.1) is 0 Å². The average Bonchev–Trinajstić information content (AvgIpc) is 2.75. The molecule has 2 aromatic rings. The van der Waals surface area contributed by atoms with E-state index in [9.17, 15) is 22.8 Å². The van der Waals surface area contributed by atoms with Gasteiger partial charge in [-0.15, -0.1) is 0 Å².